The first-order valence-corrected chi connectivity index (χ1v) is 8.95. The fourth-order valence-corrected chi connectivity index (χ4v) is 5.46. The third-order valence-electron chi connectivity index (χ3n) is 6.39. The highest BCUT2D eigenvalue weighted by molar-refractivity contribution is 4.92. The molecule has 0 aromatic rings. The van der Waals surface area contributed by atoms with E-state index in [-0.39, 0.29) is 0 Å². The predicted octanol–water partition coefficient (Wildman–Crippen LogP) is 5.95. The lowest BCUT2D eigenvalue weighted by atomic mass is 9.76. The molecule has 3 saturated carbocycles. The van der Waals surface area contributed by atoms with Crippen LogP contribution >= 0.6 is 0 Å². The highest BCUT2D eigenvalue weighted by atomic mass is 14.5. The molecule has 104 valence electrons. The molecule has 3 fully saturated rings. The van der Waals surface area contributed by atoms with Gasteiger partial charge in [0, 0.05) is 0 Å². The molecule has 0 bridgehead atoms. The van der Waals surface area contributed by atoms with Gasteiger partial charge in [-0.15, -0.1) is 0 Å². The zero-order valence-corrected chi connectivity index (χ0v) is 12.2. The van der Waals surface area contributed by atoms with Crippen molar-refractivity contribution in [3.05, 3.63) is 0 Å². The first-order valence-electron chi connectivity index (χ1n) is 8.95. The molecule has 0 nitrogen and oxygen atoms in total. The fourth-order valence-electron chi connectivity index (χ4n) is 5.46. The SMILES string of the molecule is C1CCCCC(C2CCC3CCCC32)CCCC1. The molecule has 0 radical (unpaired) electrons. The minimum absolute atomic E-state index is 1.12. The van der Waals surface area contributed by atoms with Gasteiger partial charge in [-0.3, -0.25) is 0 Å². The summed E-state index contributed by atoms with van der Waals surface area (Å²) < 4.78 is 0. The van der Waals surface area contributed by atoms with E-state index in [1.54, 1.807) is 57.8 Å². The van der Waals surface area contributed by atoms with Crippen LogP contribution in [0.3, 0.4) is 0 Å². The van der Waals surface area contributed by atoms with Crippen molar-refractivity contribution in [2.24, 2.45) is 23.7 Å². The first-order chi connectivity index (χ1) is 8.95. The third kappa shape index (κ3) is 2.94. The molecule has 3 unspecified atom stereocenters. The molecular weight excluding hydrogens is 216 g/mol. The van der Waals surface area contributed by atoms with Gasteiger partial charge in [0.25, 0.3) is 0 Å². The maximum Gasteiger partial charge on any atom is -0.0355 e. The van der Waals surface area contributed by atoms with Gasteiger partial charge >= 0.3 is 0 Å². The molecule has 3 rings (SSSR count). The van der Waals surface area contributed by atoms with E-state index in [1.807, 2.05) is 0 Å². The summed E-state index contributed by atoms with van der Waals surface area (Å²) in [6.45, 7) is 0. The first kappa shape index (κ1) is 13.0. The predicted molar refractivity (Wildman–Crippen MR) is 78.6 cm³/mol. The average molecular weight is 248 g/mol. The Morgan fingerprint density at radius 1 is 0.333 bits per heavy atom. The molecular formula is C18H32. The van der Waals surface area contributed by atoms with Crippen LogP contribution in [0.25, 0.3) is 0 Å². The quantitative estimate of drug-likeness (QED) is 0.537. The van der Waals surface area contributed by atoms with Crippen LogP contribution in [0.4, 0.5) is 0 Å². The number of fused-ring (bicyclic) bond motifs is 1. The number of hydrogen-bond acceptors (Lipinski definition) is 0. The Kier molecular flexibility index (Phi) is 4.65. The maximum atomic E-state index is 1.60. The van der Waals surface area contributed by atoms with Gasteiger partial charge in [0.2, 0.25) is 0 Å². The van der Waals surface area contributed by atoms with E-state index in [2.05, 4.69) is 0 Å². The molecule has 3 aliphatic carbocycles. The molecule has 0 saturated heterocycles. The van der Waals surface area contributed by atoms with Crippen LogP contribution in [0.1, 0.15) is 89.9 Å². The lowest BCUT2D eigenvalue weighted by Gasteiger charge is -2.29. The van der Waals surface area contributed by atoms with Crippen molar-refractivity contribution in [1.29, 1.82) is 0 Å². The Labute approximate surface area is 114 Å². The number of rotatable bonds is 1. The van der Waals surface area contributed by atoms with E-state index in [0.717, 1.165) is 23.7 Å². The molecule has 0 aromatic heterocycles. The van der Waals surface area contributed by atoms with Crippen LogP contribution in [-0.4, -0.2) is 0 Å². The summed E-state index contributed by atoms with van der Waals surface area (Å²) in [5.74, 6) is 4.59. The summed E-state index contributed by atoms with van der Waals surface area (Å²) in [6.07, 6.45) is 21.7. The highest BCUT2D eigenvalue weighted by Crippen LogP contribution is 2.52. The van der Waals surface area contributed by atoms with E-state index in [9.17, 15) is 0 Å². The van der Waals surface area contributed by atoms with Gasteiger partial charge in [0.05, 0.1) is 0 Å². The summed E-state index contributed by atoms with van der Waals surface area (Å²) >= 11 is 0. The lowest BCUT2D eigenvalue weighted by molar-refractivity contribution is 0.209. The fraction of sp³-hybridized carbons (Fsp3) is 1.00. The van der Waals surface area contributed by atoms with Gasteiger partial charge in [0.1, 0.15) is 0 Å². The Bertz CT molecular complexity index is 234. The van der Waals surface area contributed by atoms with E-state index in [1.165, 1.54) is 32.1 Å². The molecule has 0 spiro atoms. The van der Waals surface area contributed by atoms with E-state index < -0.39 is 0 Å². The smallest absolute Gasteiger partial charge is 0.0355 e. The van der Waals surface area contributed by atoms with Crippen molar-refractivity contribution in [3.63, 3.8) is 0 Å². The molecule has 18 heavy (non-hydrogen) atoms. The summed E-state index contributed by atoms with van der Waals surface area (Å²) in [7, 11) is 0. The zero-order chi connectivity index (χ0) is 12.2. The molecule has 0 heterocycles. The minimum Gasteiger partial charge on any atom is -0.0533 e. The molecule has 0 N–H and O–H groups in total. The van der Waals surface area contributed by atoms with Gasteiger partial charge in [-0.1, -0.05) is 70.6 Å². The van der Waals surface area contributed by atoms with Crippen molar-refractivity contribution in [2.75, 3.05) is 0 Å². The van der Waals surface area contributed by atoms with Crippen LogP contribution < -0.4 is 0 Å². The third-order valence-corrected chi connectivity index (χ3v) is 6.39. The van der Waals surface area contributed by atoms with Crippen molar-refractivity contribution in [1.82, 2.24) is 0 Å². The van der Waals surface area contributed by atoms with Crippen LogP contribution in [0.2, 0.25) is 0 Å². The van der Waals surface area contributed by atoms with E-state index in [4.69, 9.17) is 0 Å². The normalized spacial score (nSPS) is 39.7. The molecule has 0 aromatic carbocycles. The van der Waals surface area contributed by atoms with Crippen LogP contribution in [0, 0.1) is 23.7 Å². The topological polar surface area (TPSA) is 0 Å². The van der Waals surface area contributed by atoms with Gasteiger partial charge in [0.15, 0.2) is 0 Å². The molecule has 3 aliphatic rings. The standard InChI is InChI=1S/C18H32/c1-2-4-6-9-15(10-7-5-3-1)18-14-13-16-11-8-12-17(16)18/h15-18H,1-14H2. The van der Waals surface area contributed by atoms with Crippen LogP contribution in [0.15, 0.2) is 0 Å². The summed E-state index contributed by atoms with van der Waals surface area (Å²) in [4.78, 5) is 0. The van der Waals surface area contributed by atoms with Gasteiger partial charge in [-0.2, -0.15) is 0 Å². The largest absolute Gasteiger partial charge is 0.0533 e. The summed E-state index contributed by atoms with van der Waals surface area (Å²) in [5.41, 5.74) is 0. The molecule has 3 atom stereocenters. The second-order valence-corrected chi connectivity index (χ2v) is 7.41. The zero-order valence-electron chi connectivity index (χ0n) is 12.2. The minimum atomic E-state index is 1.12. The van der Waals surface area contributed by atoms with Crippen LogP contribution in [0.5, 0.6) is 0 Å². The van der Waals surface area contributed by atoms with Crippen molar-refractivity contribution in [3.8, 4) is 0 Å². The Morgan fingerprint density at radius 2 is 0.833 bits per heavy atom. The van der Waals surface area contributed by atoms with Crippen molar-refractivity contribution in [2.45, 2.75) is 89.9 Å². The Hall–Kier alpha value is 0. The van der Waals surface area contributed by atoms with E-state index in [0.29, 0.717) is 0 Å². The van der Waals surface area contributed by atoms with Crippen molar-refractivity contribution >= 4 is 0 Å². The second-order valence-electron chi connectivity index (χ2n) is 7.41. The Balaban J connectivity index is 1.57. The molecule has 0 aliphatic heterocycles. The molecule has 0 amide bonds. The van der Waals surface area contributed by atoms with Gasteiger partial charge < -0.3 is 0 Å². The van der Waals surface area contributed by atoms with Crippen LogP contribution in [-0.2, 0) is 0 Å². The monoisotopic (exact) mass is 248 g/mol. The second kappa shape index (κ2) is 6.44. The summed E-state index contributed by atoms with van der Waals surface area (Å²) in [6, 6.07) is 0. The highest BCUT2D eigenvalue weighted by Gasteiger charge is 2.41. The van der Waals surface area contributed by atoms with Gasteiger partial charge in [-0.05, 0) is 42.9 Å². The Morgan fingerprint density at radius 3 is 1.56 bits per heavy atom. The summed E-state index contributed by atoms with van der Waals surface area (Å²) in [5, 5.41) is 0. The van der Waals surface area contributed by atoms with E-state index >= 15 is 0 Å². The van der Waals surface area contributed by atoms with Gasteiger partial charge in [-0.25, -0.2) is 0 Å². The lowest BCUT2D eigenvalue weighted by Crippen LogP contribution is -2.20. The molecule has 0 heteroatoms. The van der Waals surface area contributed by atoms with Crippen molar-refractivity contribution < 1.29 is 0 Å². The maximum absolute atomic E-state index is 1.60. The average Bonchev–Trinajstić information content (AvgIpc) is 2.98. The number of hydrogen-bond donors (Lipinski definition) is 0.